The van der Waals surface area contributed by atoms with Crippen LogP contribution in [0.2, 0.25) is 0 Å². The van der Waals surface area contributed by atoms with Crippen molar-refractivity contribution in [2.75, 3.05) is 6.54 Å². The summed E-state index contributed by atoms with van der Waals surface area (Å²) in [5, 5.41) is 16.0. The van der Waals surface area contributed by atoms with Crippen molar-refractivity contribution in [1.82, 2.24) is 10.6 Å². The van der Waals surface area contributed by atoms with Crippen molar-refractivity contribution in [3.63, 3.8) is 0 Å². The number of amides is 2. The summed E-state index contributed by atoms with van der Waals surface area (Å²) in [6.45, 7) is 3.70. The zero-order chi connectivity index (χ0) is 13.8. The van der Waals surface area contributed by atoms with Gasteiger partial charge in [-0.25, -0.2) is 0 Å². The molecule has 2 N–H and O–H groups in total. The number of carbonyl (C=O) groups excluding carboxylic acids is 2. The van der Waals surface area contributed by atoms with E-state index >= 15 is 0 Å². The van der Waals surface area contributed by atoms with Crippen molar-refractivity contribution in [3.05, 3.63) is 10.1 Å². The molecule has 1 rings (SSSR count). The molecule has 18 heavy (non-hydrogen) atoms. The first kappa shape index (κ1) is 14.6. The SMILES string of the molecule is CC(C)(CCCNC1CCC(=O)NC1=O)[N+](=O)[O-]. The summed E-state index contributed by atoms with van der Waals surface area (Å²) in [7, 11) is 0. The molecule has 0 aromatic heterocycles. The van der Waals surface area contributed by atoms with Gasteiger partial charge in [-0.2, -0.15) is 0 Å². The molecule has 7 nitrogen and oxygen atoms in total. The van der Waals surface area contributed by atoms with Crippen LogP contribution in [-0.4, -0.2) is 34.9 Å². The van der Waals surface area contributed by atoms with E-state index in [0.29, 0.717) is 32.2 Å². The lowest BCUT2D eigenvalue weighted by atomic mass is 9.99. The molecule has 7 heteroatoms. The summed E-state index contributed by atoms with van der Waals surface area (Å²) >= 11 is 0. The Morgan fingerprint density at radius 3 is 2.72 bits per heavy atom. The quantitative estimate of drug-likeness (QED) is 0.307. The molecule has 2 amide bonds. The number of nitrogens with zero attached hydrogens (tertiary/aromatic N) is 1. The van der Waals surface area contributed by atoms with Crippen LogP contribution in [-0.2, 0) is 9.59 Å². The highest BCUT2D eigenvalue weighted by atomic mass is 16.6. The van der Waals surface area contributed by atoms with Gasteiger partial charge in [-0.3, -0.25) is 25.0 Å². The molecule has 0 radical (unpaired) electrons. The Bertz CT molecular complexity index is 354. The van der Waals surface area contributed by atoms with E-state index in [0.717, 1.165) is 0 Å². The van der Waals surface area contributed by atoms with E-state index in [-0.39, 0.29) is 22.8 Å². The maximum Gasteiger partial charge on any atom is 0.243 e. The van der Waals surface area contributed by atoms with E-state index in [9.17, 15) is 19.7 Å². The monoisotopic (exact) mass is 257 g/mol. The van der Waals surface area contributed by atoms with Gasteiger partial charge in [-0.05, 0) is 19.4 Å². The van der Waals surface area contributed by atoms with Crippen LogP contribution in [0.4, 0.5) is 0 Å². The zero-order valence-corrected chi connectivity index (χ0v) is 10.7. The molecular weight excluding hydrogens is 238 g/mol. The predicted octanol–water partition coefficient (Wildman–Crippen LogP) is 0.217. The Morgan fingerprint density at radius 1 is 1.50 bits per heavy atom. The number of imide groups is 1. The Labute approximate surface area is 105 Å². The molecule has 0 saturated carbocycles. The van der Waals surface area contributed by atoms with Crippen molar-refractivity contribution < 1.29 is 14.5 Å². The summed E-state index contributed by atoms with van der Waals surface area (Å²) in [5.41, 5.74) is -0.938. The van der Waals surface area contributed by atoms with E-state index in [4.69, 9.17) is 0 Å². The van der Waals surface area contributed by atoms with Crippen LogP contribution in [0.15, 0.2) is 0 Å². The topological polar surface area (TPSA) is 101 Å². The summed E-state index contributed by atoms with van der Waals surface area (Å²) in [4.78, 5) is 32.7. The standard InChI is InChI=1S/C11H19N3O4/c1-11(2,14(17)18)6-3-7-12-8-4-5-9(15)13-10(8)16/h8,12H,3-7H2,1-2H3,(H,13,15,16). The second-order valence-electron chi connectivity index (χ2n) is 5.13. The zero-order valence-electron chi connectivity index (χ0n) is 10.7. The number of hydrogen-bond acceptors (Lipinski definition) is 5. The molecule has 1 unspecified atom stereocenters. The Hall–Kier alpha value is -1.50. The van der Waals surface area contributed by atoms with Crippen LogP contribution in [0.5, 0.6) is 0 Å². The second kappa shape index (κ2) is 5.90. The molecule has 102 valence electrons. The van der Waals surface area contributed by atoms with E-state index < -0.39 is 5.54 Å². The molecule has 0 aromatic carbocycles. The summed E-state index contributed by atoms with van der Waals surface area (Å²) in [5.74, 6) is -0.549. The largest absolute Gasteiger partial charge is 0.306 e. The van der Waals surface area contributed by atoms with Crippen molar-refractivity contribution in [3.8, 4) is 0 Å². The van der Waals surface area contributed by atoms with Gasteiger partial charge in [-0.1, -0.05) is 0 Å². The van der Waals surface area contributed by atoms with Crippen molar-refractivity contribution >= 4 is 11.8 Å². The first-order valence-corrected chi connectivity index (χ1v) is 6.04. The first-order valence-electron chi connectivity index (χ1n) is 6.04. The third-order valence-corrected chi connectivity index (χ3v) is 3.09. The summed E-state index contributed by atoms with van der Waals surface area (Å²) in [6.07, 6.45) is 1.89. The maximum atomic E-state index is 11.4. The fraction of sp³-hybridized carbons (Fsp3) is 0.818. The number of rotatable bonds is 6. The van der Waals surface area contributed by atoms with E-state index in [2.05, 4.69) is 10.6 Å². The number of nitrogens with one attached hydrogen (secondary N) is 2. The van der Waals surface area contributed by atoms with E-state index in [1.807, 2.05) is 0 Å². The third kappa shape index (κ3) is 4.06. The Morgan fingerprint density at radius 2 is 2.17 bits per heavy atom. The molecule has 1 fully saturated rings. The van der Waals surface area contributed by atoms with Crippen molar-refractivity contribution in [2.45, 2.75) is 51.1 Å². The molecule has 0 aliphatic carbocycles. The molecule has 1 saturated heterocycles. The van der Waals surface area contributed by atoms with Gasteiger partial charge in [0, 0.05) is 31.6 Å². The van der Waals surface area contributed by atoms with Crippen molar-refractivity contribution in [1.29, 1.82) is 0 Å². The lowest BCUT2D eigenvalue weighted by Gasteiger charge is -2.22. The molecule has 1 aliphatic heterocycles. The average Bonchev–Trinajstić information content (AvgIpc) is 2.26. The molecule has 0 bridgehead atoms. The lowest BCUT2D eigenvalue weighted by molar-refractivity contribution is -0.561. The van der Waals surface area contributed by atoms with Crippen LogP contribution in [0, 0.1) is 10.1 Å². The molecular formula is C11H19N3O4. The molecule has 1 atom stereocenters. The number of piperidine rings is 1. The van der Waals surface area contributed by atoms with Gasteiger partial charge in [0.05, 0.1) is 6.04 Å². The highest BCUT2D eigenvalue weighted by molar-refractivity contribution is 6.00. The highest BCUT2D eigenvalue weighted by Gasteiger charge is 2.30. The molecule has 1 aliphatic rings. The second-order valence-corrected chi connectivity index (χ2v) is 5.13. The van der Waals surface area contributed by atoms with Gasteiger partial charge in [-0.15, -0.1) is 0 Å². The van der Waals surface area contributed by atoms with Gasteiger partial charge in [0.15, 0.2) is 0 Å². The van der Waals surface area contributed by atoms with Gasteiger partial charge >= 0.3 is 0 Å². The number of hydrogen-bond donors (Lipinski definition) is 2. The molecule has 0 aromatic rings. The maximum absolute atomic E-state index is 11.4. The van der Waals surface area contributed by atoms with Gasteiger partial charge in [0.1, 0.15) is 0 Å². The van der Waals surface area contributed by atoms with E-state index in [1.54, 1.807) is 13.8 Å². The van der Waals surface area contributed by atoms with Crippen LogP contribution >= 0.6 is 0 Å². The predicted molar refractivity (Wildman–Crippen MR) is 64.5 cm³/mol. The van der Waals surface area contributed by atoms with Gasteiger partial charge in [0.25, 0.3) is 0 Å². The first-order chi connectivity index (χ1) is 8.33. The van der Waals surface area contributed by atoms with Gasteiger partial charge in [0.2, 0.25) is 17.4 Å². The summed E-state index contributed by atoms with van der Waals surface area (Å²) < 4.78 is 0. The fourth-order valence-electron chi connectivity index (χ4n) is 1.78. The minimum Gasteiger partial charge on any atom is -0.306 e. The minimum atomic E-state index is -0.938. The van der Waals surface area contributed by atoms with Crippen LogP contribution in [0.3, 0.4) is 0 Å². The van der Waals surface area contributed by atoms with E-state index in [1.165, 1.54) is 0 Å². The van der Waals surface area contributed by atoms with Crippen LogP contribution in [0.1, 0.15) is 39.5 Å². The number of carbonyl (C=O) groups is 2. The van der Waals surface area contributed by atoms with Crippen molar-refractivity contribution in [2.24, 2.45) is 0 Å². The molecule has 0 spiro atoms. The molecule has 1 heterocycles. The number of nitro groups is 1. The normalized spacial score (nSPS) is 20.7. The third-order valence-electron chi connectivity index (χ3n) is 3.09. The minimum absolute atomic E-state index is 0.243. The highest BCUT2D eigenvalue weighted by Crippen LogP contribution is 2.15. The Kier molecular flexibility index (Phi) is 4.77. The summed E-state index contributed by atoms with van der Waals surface area (Å²) in [6, 6.07) is -0.360. The Balaban J connectivity index is 2.24. The lowest BCUT2D eigenvalue weighted by Crippen LogP contribution is -2.51. The fourth-order valence-corrected chi connectivity index (χ4v) is 1.78. The van der Waals surface area contributed by atoms with Crippen LogP contribution in [0.25, 0.3) is 0 Å². The van der Waals surface area contributed by atoms with Crippen LogP contribution < -0.4 is 10.6 Å². The smallest absolute Gasteiger partial charge is 0.243 e. The van der Waals surface area contributed by atoms with Gasteiger partial charge < -0.3 is 5.32 Å². The average molecular weight is 257 g/mol.